The molecule has 0 saturated heterocycles. The molecule has 0 fully saturated rings. The lowest BCUT2D eigenvalue weighted by Crippen LogP contribution is -2.23. The number of nitrogens with zero attached hydrogens (tertiary/aromatic N) is 1. The van der Waals surface area contributed by atoms with Crippen molar-refractivity contribution in [2.45, 2.75) is 0 Å². The molecule has 0 aliphatic carbocycles. The van der Waals surface area contributed by atoms with E-state index in [1.807, 2.05) is 0 Å². The Hall–Kier alpha value is -3.22. The lowest BCUT2D eigenvalue weighted by Gasteiger charge is -2.13. The number of hydrogen-bond donors (Lipinski definition) is 2. The van der Waals surface area contributed by atoms with Gasteiger partial charge in [0.25, 0.3) is 5.91 Å². The number of carbonyl (C=O) groups excluding carboxylic acids is 2. The third-order valence-corrected chi connectivity index (χ3v) is 3.60. The van der Waals surface area contributed by atoms with E-state index in [-0.39, 0.29) is 18.4 Å². The summed E-state index contributed by atoms with van der Waals surface area (Å²) < 4.78 is 10.4. The van der Waals surface area contributed by atoms with Crippen LogP contribution in [-0.2, 0) is 4.79 Å². The summed E-state index contributed by atoms with van der Waals surface area (Å²) in [7, 11) is 6.48. The molecule has 26 heavy (non-hydrogen) atoms. The maximum Gasteiger partial charge on any atom is 0.253 e. The van der Waals surface area contributed by atoms with Gasteiger partial charge in [0.2, 0.25) is 5.91 Å². The number of carbonyl (C=O) groups is 2. The Morgan fingerprint density at radius 1 is 0.962 bits per heavy atom. The Morgan fingerprint density at radius 3 is 2.19 bits per heavy atom. The highest BCUT2D eigenvalue weighted by molar-refractivity contribution is 5.96. The molecule has 0 radical (unpaired) electrons. The SMILES string of the molecule is COc1cc(NC(=O)CNc2cccc(C(=O)N(C)C)c2)cc(OC)c1. The van der Waals surface area contributed by atoms with Crippen LogP contribution in [-0.4, -0.2) is 51.6 Å². The zero-order valence-corrected chi connectivity index (χ0v) is 15.3. The summed E-state index contributed by atoms with van der Waals surface area (Å²) in [6.45, 7) is 0.0547. The molecule has 0 aliphatic heterocycles. The summed E-state index contributed by atoms with van der Waals surface area (Å²) in [4.78, 5) is 25.7. The van der Waals surface area contributed by atoms with Crippen molar-refractivity contribution in [1.82, 2.24) is 4.90 Å². The Kier molecular flexibility index (Phi) is 6.43. The first kappa shape index (κ1) is 19.1. The smallest absolute Gasteiger partial charge is 0.253 e. The molecule has 0 spiro atoms. The van der Waals surface area contributed by atoms with Gasteiger partial charge in [-0.15, -0.1) is 0 Å². The predicted molar refractivity (Wildman–Crippen MR) is 101 cm³/mol. The standard InChI is InChI=1S/C19H23N3O4/c1-22(2)19(24)13-6-5-7-14(8-13)20-12-18(23)21-15-9-16(25-3)11-17(10-15)26-4/h5-11,20H,12H2,1-4H3,(H,21,23). The van der Waals surface area contributed by atoms with Gasteiger partial charge in [-0.1, -0.05) is 6.07 Å². The van der Waals surface area contributed by atoms with E-state index >= 15 is 0 Å². The van der Waals surface area contributed by atoms with Crippen LogP contribution >= 0.6 is 0 Å². The van der Waals surface area contributed by atoms with Crippen molar-refractivity contribution in [3.05, 3.63) is 48.0 Å². The summed E-state index contributed by atoms with van der Waals surface area (Å²) in [5.74, 6) is 0.844. The quantitative estimate of drug-likeness (QED) is 0.796. The Bertz CT molecular complexity index is 768. The molecule has 7 nitrogen and oxygen atoms in total. The average Bonchev–Trinajstić information content (AvgIpc) is 2.65. The Balaban J connectivity index is 1.99. The van der Waals surface area contributed by atoms with Gasteiger partial charge in [0.05, 0.1) is 20.8 Å². The van der Waals surface area contributed by atoms with Gasteiger partial charge in [-0.05, 0) is 18.2 Å². The highest BCUT2D eigenvalue weighted by Crippen LogP contribution is 2.25. The third kappa shape index (κ3) is 5.14. The van der Waals surface area contributed by atoms with Gasteiger partial charge in [0, 0.05) is 49.2 Å². The third-order valence-electron chi connectivity index (χ3n) is 3.60. The summed E-state index contributed by atoms with van der Waals surface area (Å²) >= 11 is 0. The molecule has 2 rings (SSSR count). The van der Waals surface area contributed by atoms with E-state index in [2.05, 4.69) is 10.6 Å². The van der Waals surface area contributed by atoms with E-state index < -0.39 is 0 Å². The molecule has 0 aromatic heterocycles. The normalized spacial score (nSPS) is 10.0. The van der Waals surface area contributed by atoms with Crippen molar-refractivity contribution in [2.75, 3.05) is 45.5 Å². The summed E-state index contributed by atoms with van der Waals surface area (Å²) in [6.07, 6.45) is 0. The number of benzene rings is 2. The van der Waals surface area contributed by atoms with Gasteiger partial charge < -0.3 is 25.0 Å². The fourth-order valence-corrected chi connectivity index (χ4v) is 2.29. The summed E-state index contributed by atoms with van der Waals surface area (Å²) in [6, 6.07) is 12.1. The molecule has 0 heterocycles. The molecular weight excluding hydrogens is 334 g/mol. The van der Waals surface area contributed by atoms with Gasteiger partial charge >= 0.3 is 0 Å². The van der Waals surface area contributed by atoms with Crippen LogP contribution in [0.3, 0.4) is 0 Å². The molecule has 0 saturated carbocycles. The average molecular weight is 357 g/mol. The summed E-state index contributed by atoms with van der Waals surface area (Å²) in [5, 5.41) is 5.79. The number of anilines is 2. The van der Waals surface area contributed by atoms with Gasteiger partial charge in [-0.2, -0.15) is 0 Å². The van der Waals surface area contributed by atoms with Crippen molar-refractivity contribution < 1.29 is 19.1 Å². The largest absolute Gasteiger partial charge is 0.497 e. The fraction of sp³-hybridized carbons (Fsp3) is 0.263. The molecule has 138 valence electrons. The minimum atomic E-state index is -0.232. The van der Waals surface area contributed by atoms with Gasteiger partial charge in [-0.3, -0.25) is 9.59 Å². The van der Waals surface area contributed by atoms with Gasteiger partial charge in [-0.25, -0.2) is 0 Å². The minimum absolute atomic E-state index is 0.0547. The minimum Gasteiger partial charge on any atom is -0.497 e. The van der Waals surface area contributed by atoms with Crippen LogP contribution in [0, 0.1) is 0 Å². The molecule has 0 bridgehead atoms. The zero-order chi connectivity index (χ0) is 19.1. The Labute approximate surface area is 152 Å². The first-order valence-electron chi connectivity index (χ1n) is 8.01. The first-order valence-corrected chi connectivity index (χ1v) is 8.01. The highest BCUT2D eigenvalue weighted by atomic mass is 16.5. The monoisotopic (exact) mass is 357 g/mol. The second-order valence-electron chi connectivity index (χ2n) is 5.78. The molecule has 2 N–H and O–H groups in total. The summed E-state index contributed by atoms with van der Waals surface area (Å²) in [5.41, 5.74) is 1.82. The number of hydrogen-bond acceptors (Lipinski definition) is 5. The van der Waals surface area contributed by atoms with Crippen molar-refractivity contribution >= 4 is 23.2 Å². The fourth-order valence-electron chi connectivity index (χ4n) is 2.29. The van der Waals surface area contributed by atoms with Gasteiger partial charge in [0.1, 0.15) is 11.5 Å². The van der Waals surface area contributed by atoms with Crippen LogP contribution < -0.4 is 20.1 Å². The van der Waals surface area contributed by atoms with E-state index in [4.69, 9.17) is 9.47 Å². The van der Waals surface area contributed by atoms with E-state index in [1.165, 1.54) is 4.90 Å². The first-order chi connectivity index (χ1) is 12.4. The number of rotatable bonds is 7. The maximum absolute atomic E-state index is 12.2. The topological polar surface area (TPSA) is 79.9 Å². The van der Waals surface area contributed by atoms with Crippen LogP contribution in [0.2, 0.25) is 0 Å². The number of amides is 2. The van der Waals surface area contributed by atoms with Crippen LogP contribution in [0.1, 0.15) is 10.4 Å². The number of methoxy groups -OCH3 is 2. The molecule has 0 aliphatic rings. The van der Waals surface area contributed by atoms with E-state index in [9.17, 15) is 9.59 Å². The molecule has 2 aromatic carbocycles. The number of nitrogens with one attached hydrogen (secondary N) is 2. The van der Waals surface area contributed by atoms with E-state index in [0.29, 0.717) is 28.4 Å². The van der Waals surface area contributed by atoms with Crippen LogP contribution in [0.4, 0.5) is 11.4 Å². The molecular formula is C19H23N3O4. The second-order valence-corrected chi connectivity index (χ2v) is 5.78. The zero-order valence-electron chi connectivity index (χ0n) is 15.3. The van der Waals surface area contributed by atoms with Crippen molar-refractivity contribution in [2.24, 2.45) is 0 Å². The van der Waals surface area contributed by atoms with E-state index in [1.54, 1.807) is 70.8 Å². The van der Waals surface area contributed by atoms with E-state index in [0.717, 1.165) is 0 Å². The lowest BCUT2D eigenvalue weighted by atomic mass is 10.2. The van der Waals surface area contributed by atoms with Crippen molar-refractivity contribution in [1.29, 1.82) is 0 Å². The highest BCUT2D eigenvalue weighted by Gasteiger charge is 2.09. The second kappa shape index (κ2) is 8.75. The lowest BCUT2D eigenvalue weighted by molar-refractivity contribution is -0.114. The van der Waals surface area contributed by atoms with Crippen LogP contribution in [0.5, 0.6) is 11.5 Å². The molecule has 2 aromatic rings. The predicted octanol–water partition coefficient (Wildman–Crippen LogP) is 2.46. The van der Waals surface area contributed by atoms with Crippen LogP contribution in [0.15, 0.2) is 42.5 Å². The van der Waals surface area contributed by atoms with Crippen molar-refractivity contribution in [3.8, 4) is 11.5 Å². The molecule has 7 heteroatoms. The van der Waals surface area contributed by atoms with Crippen LogP contribution in [0.25, 0.3) is 0 Å². The van der Waals surface area contributed by atoms with Gasteiger partial charge in [0.15, 0.2) is 0 Å². The molecule has 2 amide bonds. The maximum atomic E-state index is 12.2. The molecule has 0 atom stereocenters. The molecule has 0 unspecified atom stereocenters. The van der Waals surface area contributed by atoms with Crippen molar-refractivity contribution in [3.63, 3.8) is 0 Å². The Morgan fingerprint density at radius 2 is 1.62 bits per heavy atom. The number of ether oxygens (including phenoxy) is 2.